The molecule has 11 nitrogen and oxygen atoms in total. The predicted molar refractivity (Wildman–Crippen MR) is 166 cm³/mol. The molecular weight excluding hydrogens is 570 g/mol. The van der Waals surface area contributed by atoms with E-state index in [2.05, 4.69) is 25.9 Å². The number of benzene rings is 2. The average Bonchev–Trinajstić information content (AvgIpc) is 3.62. The highest BCUT2D eigenvalue weighted by Gasteiger charge is 2.25. The molecule has 0 aliphatic heterocycles. The van der Waals surface area contributed by atoms with Crippen LogP contribution in [0.2, 0.25) is 0 Å². The van der Waals surface area contributed by atoms with Crippen LogP contribution in [0.5, 0.6) is 11.5 Å². The van der Waals surface area contributed by atoms with Gasteiger partial charge in [-0.15, -0.1) is 11.3 Å². The van der Waals surface area contributed by atoms with Gasteiger partial charge in [-0.05, 0) is 70.0 Å². The number of hydrogen-bond donors (Lipinski definition) is 4. The smallest absolute Gasteiger partial charge is 0.408 e. The van der Waals surface area contributed by atoms with E-state index in [1.807, 2.05) is 23.6 Å². The quantitative estimate of drug-likeness (QED) is 0.165. The summed E-state index contributed by atoms with van der Waals surface area (Å²) in [6.45, 7) is 5.71. The number of aromatic nitrogens is 2. The fourth-order valence-electron chi connectivity index (χ4n) is 4.39. The van der Waals surface area contributed by atoms with Crippen molar-refractivity contribution in [3.63, 3.8) is 0 Å². The van der Waals surface area contributed by atoms with E-state index >= 15 is 0 Å². The standard InChI is InChI=1S/C31H37N5O6S/c1-31(2,3)42-30(39)36-24(18-27-32-13-14-43-27)29(38)33-12-6-7-21-16-20-15-19(8-10-23(20)34-21)28(37)35-22-9-11-25(40-4)26(17-22)41-5/h8-11,13-17,24,34H,6-7,12,18H2,1-5H3,(H,33,38)(H,35,37)(H,36,39). The van der Waals surface area contributed by atoms with Crippen molar-refractivity contribution in [2.24, 2.45) is 0 Å². The molecule has 0 fully saturated rings. The topological polar surface area (TPSA) is 144 Å². The number of alkyl carbamates (subject to hydrolysis) is 1. The van der Waals surface area contributed by atoms with Gasteiger partial charge in [-0.2, -0.15) is 0 Å². The summed E-state index contributed by atoms with van der Waals surface area (Å²) >= 11 is 1.42. The lowest BCUT2D eigenvalue weighted by Crippen LogP contribution is -2.49. The highest BCUT2D eigenvalue weighted by Crippen LogP contribution is 2.30. The van der Waals surface area contributed by atoms with Crippen LogP contribution >= 0.6 is 11.3 Å². The maximum absolute atomic E-state index is 13.0. The lowest BCUT2D eigenvalue weighted by Gasteiger charge is -2.23. The van der Waals surface area contributed by atoms with Crippen LogP contribution in [0.15, 0.2) is 54.0 Å². The Morgan fingerprint density at radius 3 is 2.51 bits per heavy atom. The molecule has 3 amide bonds. The summed E-state index contributed by atoms with van der Waals surface area (Å²) in [7, 11) is 3.10. The first kappa shape index (κ1) is 31.4. The molecule has 228 valence electrons. The fourth-order valence-corrected chi connectivity index (χ4v) is 5.05. The van der Waals surface area contributed by atoms with Gasteiger partial charge in [0.05, 0.1) is 19.2 Å². The number of aryl methyl sites for hydroxylation is 1. The Kier molecular flexibility index (Phi) is 10.3. The number of hydrogen-bond acceptors (Lipinski definition) is 8. The third-order valence-electron chi connectivity index (χ3n) is 6.37. The molecule has 2 aromatic carbocycles. The summed E-state index contributed by atoms with van der Waals surface area (Å²) in [5, 5.41) is 11.9. The Labute approximate surface area is 254 Å². The summed E-state index contributed by atoms with van der Waals surface area (Å²) in [5.74, 6) is 0.556. The van der Waals surface area contributed by atoms with E-state index in [0.29, 0.717) is 42.1 Å². The molecule has 4 aromatic rings. The van der Waals surface area contributed by atoms with Gasteiger partial charge < -0.3 is 35.1 Å². The number of rotatable bonds is 12. The van der Waals surface area contributed by atoms with Gasteiger partial charge in [0.2, 0.25) is 5.91 Å². The van der Waals surface area contributed by atoms with Crippen LogP contribution in [0, 0.1) is 0 Å². The summed E-state index contributed by atoms with van der Waals surface area (Å²) in [6, 6.07) is 11.8. The molecule has 0 bridgehead atoms. The maximum Gasteiger partial charge on any atom is 0.408 e. The maximum atomic E-state index is 13.0. The second-order valence-corrected chi connectivity index (χ2v) is 11.8. The SMILES string of the molecule is COc1ccc(NC(=O)c2ccc3[nH]c(CCCNC(=O)C(Cc4nccs4)NC(=O)OC(C)(C)C)cc3c2)cc1OC. The average molecular weight is 608 g/mol. The molecule has 2 heterocycles. The molecule has 43 heavy (non-hydrogen) atoms. The van der Waals surface area contributed by atoms with Gasteiger partial charge in [0, 0.05) is 58.5 Å². The number of thiazole rings is 1. The number of carbonyl (C=O) groups excluding carboxylic acids is 3. The number of nitrogens with zero attached hydrogens (tertiary/aromatic N) is 1. The van der Waals surface area contributed by atoms with E-state index in [4.69, 9.17) is 14.2 Å². The van der Waals surface area contributed by atoms with Crippen molar-refractivity contribution >= 4 is 45.8 Å². The van der Waals surface area contributed by atoms with Gasteiger partial charge in [0.25, 0.3) is 5.91 Å². The minimum Gasteiger partial charge on any atom is -0.493 e. The molecule has 1 unspecified atom stereocenters. The molecule has 2 aromatic heterocycles. The lowest BCUT2D eigenvalue weighted by molar-refractivity contribution is -0.123. The molecule has 4 N–H and O–H groups in total. The van der Waals surface area contributed by atoms with Crippen LogP contribution in [-0.4, -0.2) is 60.3 Å². The van der Waals surface area contributed by atoms with Crippen LogP contribution in [0.25, 0.3) is 10.9 Å². The minimum absolute atomic E-state index is 0.244. The monoisotopic (exact) mass is 607 g/mol. The second-order valence-electron chi connectivity index (χ2n) is 10.8. The lowest BCUT2D eigenvalue weighted by atomic mass is 10.1. The predicted octanol–water partition coefficient (Wildman–Crippen LogP) is 5.08. The number of H-pyrrole nitrogens is 1. The first-order valence-corrected chi connectivity index (χ1v) is 14.7. The Bertz CT molecular complexity index is 1560. The van der Waals surface area contributed by atoms with Crippen molar-refractivity contribution in [2.45, 2.75) is 51.7 Å². The molecule has 0 saturated carbocycles. The number of methoxy groups -OCH3 is 2. The zero-order valence-corrected chi connectivity index (χ0v) is 25.7. The molecule has 0 aliphatic rings. The van der Waals surface area contributed by atoms with Crippen LogP contribution in [-0.2, 0) is 22.4 Å². The fraction of sp³-hybridized carbons (Fsp3) is 0.355. The summed E-state index contributed by atoms with van der Waals surface area (Å²) in [6.07, 6.45) is 2.63. The molecule has 0 spiro atoms. The number of nitrogens with one attached hydrogen (secondary N) is 4. The second kappa shape index (κ2) is 14.1. The Hall–Kier alpha value is -4.58. The highest BCUT2D eigenvalue weighted by atomic mass is 32.1. The van der Waals surface area contributed by atoms with Gasteiger partial charge >= 0.3 is 6.09 Å². The van der Waals surface area contributed by atoms with Crippen LogP contribution in [0.1, 0.15) is 48.3 Å². The van der Waals surface area contributed by atoms with E-state index in [0.717, 1.165) is 21.6 Å². The first-order valence-electron chi connectivity index (χ1n) is 13.9. The Balaban J connectivity index is 1.31. The van der Waals surface area contributed by atoms with Crippen molar-refractivity contribution in [3.8, 4) is 11.5 Å². The van der Waals surface area contributed by atoms with Gasteiger partial charge in [-0.25, -0.2) is 9.78 Å². The number of fused-ring (bicyclic) bond motifs is 1. The molecule has 12 heteroatoms. The Morgan fingerprint density at radius 2 is 1.81 bits per heavy atom. The molecule has 4 rings (SSSR count). The molecule has 0 radical (unpaired) electrons. The molecule has 1 atom stereocenters. The van der Waals surface area contributed by atoms with E-state index in [9.17, 15) is 14.4 Å². The summed E-state index contributed by atoms with van der Waals surface area (Å²) < 4.78 is 15.9. The van der Waals surface area contributed by atoms with Gasteiger partial charge in [0.1, 0.15) is 11.6 Å². The van der Waals surface area contributed by atoms with E-state index in [1.54, 1.807) is 65.5 Å². The normalized spacial score (nSPS) is 11.9. The minimum atomic E-state index is -0.808. The van der Waals surface area contributed by atoms with Crippen LogP contribution in [0.4, 0.5) is 10.5 Å². The van der Waals surface area contributed by atoms with Crippen molar-refractivity contribution < 1.29 is 28.6 Å². The van der Waals surface area contributed by atoms with E-state index in [-0.39, 0.29) is 18.2 Å². The zero-order valence-electron chi connectivity index (χ0n) is 24.9. The van der Waals surface area contributed by atoms with Crippen molar-refractivity contribution in [3.05, 3.63) is 70.3 Å². The zero-order chi connectivity index (χ0) is 31.0. The first-order chi connectivity index (χ1) is 20.5. The van der Waals surface area contributed by atoms with Gasteiger partial charge in [-0.1, -0.05) is 0 Å². The molecule has 0 saturated heterocycles. The Morgan fingerprint density at radius 1 is 1.02 bits per heavy atom. The third kappa shape index (κ3) is 8.95. The largest absolute Gasteiger partial charge is 0.493 e. The van der Waals surface area contributed by atoms with Crippen molar-refractivity contribution in [2.75, 3.05) is 26.1 Å². The van der Waals surface area contributed by atoms with E-state index in [1.165, 1.54) is 11.3 Å². The highest BCUT2D eigenvalue weighted by molar-refractivity contribution is 7.09. The number of aromatic amines is 1. The summed E-state index contributed by atoms with van der Waals surface area (Å²) in [5.41, 5.74) is 2.32. The van der Waals surface area contributed by atoms with Crippen LogP contribution in [0.3, 0.4) is 0 Å². The number of amides is 3. The molecular formula is C31H37N5O6S. The molecule has 0 aliphatic carbocycles. The number of carbonyl (C=O) groups is 3. The van der Waals surface area contributed by atoms with Crippen molar-refractivity contribution in [1.29, 1.82) is 0 Å². The number of ether oxygens (including phenoxy) is 3. The van der Waals surface area contributed by atoms with Crippen LogP contribution < -0.4 is 25.4 Å². The number of anilines is 1. The van der Waals surface area contributed by atoms with E-state index < -0.39 is 17.7 Å². The van der Waals surface area contributed by atoms with Crippen molar-refractivity contribution in [1.82, 2.24) is 20.6 Å². The van der Waals surface area contributed by atoms with Gasteiger partial charge in [-0.3, -0.25) is 9.59 Å². The van der Waals surface area contributed by atoms with Gasteiger partial charge in [0.15, 0.2) is 11.5 Å². The summed E-state index contributed by atoms with van der Waals surface area (Å²) in [4.78, 5) is 45.8. The third-order valence-corrected chi connectivity index (χ3v) is 7.17.